The third kappa shape index (κ3) is 1.97. The zero-order chi connectivity index (χ0) is 13.4. The molecule has 2 N–H and O–H groups in total. The molecule has 0 radical (unpaired) electrons. The fourth-order valence-electron chi connectivity index (χ4n) is 2.19. The fourth-order valence-corrected chi connectivity index (χ4v) is 2.19. The smallest absolute Gasteiger partial charge is 0.307 e. The monoisotopic (exact) mass is 252 g/mol. The Morgan fingerprint density at radius 2 is 1.63 bits per heavy atom. The molecule has 1 heterocycles. The first kappa shape index (κ1) is 11.5. The lowest BCUT2D eigenvalue weighted by Gasteiger charge is -2.06. The third-order valence-electron chi connectivity index (χ3n) is 3.13. The number of benzene rings is 2. The summed E-state index contributed by atoms with van der Waals surface area (Å²) in [6.07, 6.45) is 0. The summed E-state index contributed by atoms with van der Waals surface area (Å²) >= 11 is 0. The van der Waals surface area contributed by atoms with Gasteiger partial charge in [-0.15, -0.1) is 0 Å². The van der Waals surface area contributed by atoms with Gasteiger partial charge in [-0.05, 0) is 24.1 Å². The molecule has 3 aromatic rings. The van der Waals surface area contributed by atoms with Crippen molar-refractivity contribution in [2.24, 2.45) is 0 Å². The van der Waals surface area contributed by atoms with Gasteiger partial charge in [0.25, 0.3) is 5.56 Å². The number of hydrogen-bond donors (Lipinski definition) is 2. The Bertz CT molecular complexity index is 858. The Labute approximate surface area is 108 Å². The van der Waals surface area contributed by atoms with Gasteiger partial charge in [-0.2, -0.15) is 0 Å². The molecule has 0 spiro atoms. The van der Waals surface area contributed by atoms with Crippen LogP contribution in [0, 0.1) is 6.92 Å². The van der Waals surface area contributed by atoms with Crippen LogP contribution >= 0.6 is 0 Å². The second-order valence-electron chi connectivity index (χ2n) is 4.50. The first-order chi connectivity index (χ1) is 9.15. The van der Waals surface area contributed by atoms with Gasteiger partial charge in [0.2, 0.25) is 0 Å². The summed E-state index contributed by atoms with van der Waals surface area (Å²) < 4.78 is 0. The average molecular weight is 252 g/mol. The predicted molar refractivity (Wildman–Crippen MR) is 75.4 cm³/mol. The van der Waals surface area contributed by atoms with Crippen molar-refractivity contribution in [2.75, 3.05) is 0 Å². The molecule has 0 aliphatic heterocycles. The van der Waals surface area contributed by atoms with E-state index in [1.807, 2.05) is 43.3 Å². The molecule has 0 unspecified atom stereocenters. The van der Waals surface area contributed by atoms with Gasteiger partial charge in [-0.1, -0.05) is 42.0 Å². The van der Waals surface area contributed by atoms with E-state index in [0.717, 1.165) is 16.7 Å². The van der Waals surface area contributed by atoms with Gasteiger partial charge in [0.15, 0.2) is 0 Å². The normalized spacial score (nSPS) is 10.8. The zero-order valence-electron chi connectivity index (χ0n) is 10.4. The van der Waals surface area contributed by atoms with E-state index in [1.165, 1.54) is 0 Å². The van der Waals surface area contributed by atoms with Crippen LogP contribution in [-0.2, 0) is 0 Å². The van der Waals surface area contributed by atoms with Crippen LogP contribution in [0.3, 0.4) is 0 Å². The molecule has 0 bridgehead atoms. The summed E-state index contributed by atoms with van der Waals surface area (Å²) in [5.74, 6) is 0. The molecule has 19 heavy (non-hydrogen) atoms. The lowest BCUT2D eigenvalue weighted by Crippen LogP contribution is -2.22. The number of aromatic nitrogens is 2. The number of fused-ring (bicyclic) bond motifs is 1. The molecule has 0 fully saturated rings. The van der Waals surface area contributed by atoms with E-state index in [1.54, 1.807) is 6.07 Å². The first-order valence-electron chi connectivity index (χ1n) is 5.97. The third-order valence-corrected chi connectivity index (χ3v) is 3.13. The largest absolute Gasteiger partial charge is 0.326 e. The highest BCUT2D eigenvalue weighted by molar-refractivity contribution is 5.93. The summed E-state index contributed by atoms with van der Waals surface area (Å²) in [5.41, 5.74) is 2.62. The predicted octanol–water partition coefficient (Wildman–Crippen LogP) is 2.19. The number of rotatable bonds is 1. The van der Waals surface area contributed by atoms with Gasteiger partial charge in [0, 0.05) is 0 Å². The quantitative estimate of drug-likeness (QED) is 0.697. The number of hydrogen-bond acceptors (Lipinski definition) is 2. The summed E-state index contributed by atoms with van der Waals surface area (Å²) in [4.78, 5) is 28.2. The van der Waals surface area contributed by atoms with Crippen molar-refractivity contribution in [3.05, 3.63) is 68.9 Å². The number of nitrogens with one attached hydrogen (secondary N) is 2. The van der Waals surface area contributed by atoms with Gasteiger partial charge >= 0.3 is 5.69 Å². The number of aromatic amines is 2. The maximum Gasteiger partial charge on any atom is 0.326 e. The van der Waals surface area contributed by atoms with Gasteiger partial charge in [0.05, 0.1) is 10.9 Å². The van der Waals surface area contributed by atoms with Crippen LogP contribution in [-0.4, -0.2) is 9.97 Å². The Balaban J connectivity index is 2.39. The minimum absolute atomic E-state index is 0.366. The Morgan fingerprint density at radius 1 is 0.895 bits per heavy atom. The molecule has 0 saturated heterocycles. The SMILES string of the molecule is Cc1ccc(-c2cccc3[nH]c(=O)[nH]c(=O)c23)cc1. The second kappa shape index (κ2) is 4.24. The van der Waals surface area contributed by atoms with E-state index < -0.39 is 5.69 Å². The average Bonchev–Trinajstić information content (AvgIpc) is 2.38. The van der Waals surface area contributed by atoms with Gasteiger partial charge < -0.3 is 4.98 Å². The van der Waals surface area contributed by atoms with Crippen LogP contribution < -0.4 is 11.2 Å². The molecule has 0 amide bonds. The standard InChI is InChI=1S/C15H12N2O2/c1-9-5-7-10(8-6-9)11-3-2-4-12-13(11)14(18)17-15(19)16-12/h2-8H,1H3,(H2,16,17,18,19). The van der Waals surface area contributed by atoms with Crippen molar-refractivity contribution in [1.29, 1.82) is 0 Å². The summed E-state index contributed by atoms with van der Waals surface area (Å²) in [6, 6.07) is 13.3. The van der Waals surface area contributed by atoms with Crippen LogP contribution in [0.4, 0.5) is 0 Å². The molecule has 94 valence electrons. The van der Waals surface area contributed by atoms with Crippen molar-refractivity contribution in [3.63, 3.8) is 0 Å². The molecule has 2 aromatic carbocycles. The van der Waals surface area contributed by atoms with Crippen molar-refractivity contribution < 1.29 is 0 Å². The molecule has 1 aromatic heterocycles. The van der Waals surface area contributed by atoms with Crippen LogP contribution in [0.15, 0.2) is 52.1 Å². The van der Waals surface area contributed by atoms with Crippen molar-refractivity contribution in [2.45, 2.75) is 6.92 Å². The highest BCUT2D eigenvalue weighted by Crippen LogP contribution is 2.24. The van der Waals surface area contributed by atoms with Crippen LogP contribution in [0.25, 0.3) is 22.0 Å². The van der Waals surface area contributed by atoms with Crippen molar-refractivity contribution >= 4 is 10.9 Å². The molecular formula is C15H12N2O2. The van der Waals surface area contributed by atoms with Crippen molar-refractivity contribution in [1.82, 2.24) is 9.97 Å². The molecule has 0 aliphatic rings. The molecule has 0 saturated carbocycles. The highest BCUT2D eigenvalue weighted by atomic mass is 16.2. The van der Waals surface area contributed by atoms with E-state index in [0.29, 0.717) is 10.9 Å². The first-order valence-corrected chi connectivity index (χ1v) is 5.97. The van der Waals surface area contributed by atoms with Crippen molar-refractivity contribution in [3.8, 4) is 11.1 Å². The van der Waals surface area contributed by atoms with E-state index >= 15 is 0 Å². The van der Waals surface area contributed by atoms with E-state index in [-0.39, 0.29) is 5.56 Å². The van der Waals surface area contributed by atoms with Gasteiger partial charge in [-0.3, -0.25) is 9.78 Å². The summed E-state index contributed by atoms with van der Waals surface area (Å²) in [5, 5.41) is 0.506. The van der Waals surface area contributed by atoms with Gasteiger partial charge in [-0.25, -0.2) is 4.79 Å². The van der Waals surface area contributed by atoms with Crippen LogP contribution in [0.5, 0.6) is 0 Å². The van der Waals surface area contributed by atoms with E-state index in [9.17, 15) is 9.59 Å². The minimum Gasteiger partial charge on any atom is -0.307 e. The fraction of sp³-hybridized carbons (Fsp3) is 0.0667. The Morgan fingerprint density at radius 3 is 2.37 bits per heavy atom. The molecule has 4 nitrogen and oxygen atoms in total. The Hall–Kier alpha value is -2.62. The number of H-pyrrole nitrogens is 2. The summed E-state index contributed by atoms with van der Waals surface area (Å²) in [7, 11) is 0. The molecule has 3 rings (SSSR count). The number of aryl methyl sites for hydroxylation is 1. The van der Waals surface area contributed by atoms with Crippen LogP contribution in [0.1, 0.15) is 5.56 Å². The highest BCUT2D eigenvalue weighted by Gasteiger charge is 2.08. The lowest BCUT2D eigenvalue weighted by molar-refractivity contribution is 1.08. The minimum atomic E-state index is -0.487. The Kier molecular flexibility index (Phi) is 2.56. The van der Waals surface area contributed by atoms with Gasteiger partial charge in [0.1, 0.15) is 0 Å². The molecule has 0 atom stereocenters. The second-order valence-corrected chi connectivity index (χ2v) is 4.50. The molecular weight excluding hydrogens is 240 g/mol. The van der Waals surface area contributed by atoms with E-state index in [4.69, 9.17) is 0 Å². The topological polar surface area (TPSA) is 65.7 Å². The lowest BCUT2D eigenvalue weighted by atomic mass is 10.0. The van der Waals surface area contributed by atoms with E-state index in [2.05, 4.69) is 9.97 Å². The zero-order valence-corrected chi connectivity index (χ0v) is 10.4. The van der Waals surface area contributed by atoms with Crippen LogP contribution in [0.2, 0.25) is 0 Å². The maximum atomic E-state index is 12.0. The maximum absolute atomic E-state index is 12.0. The molecule has 0 aliphatic carbocycles. The molecule has 4 heteroatoms. The summed E-state index contributed by atoms with van der Waals surface area (Å²) in [6.45, 7) is 2.01.